The molecule has 27 heavy (non-hydrogen) atoms. The average Bonchev–Trinajstić information content (AvgIpc) is 3.23. The maximum atomic E-state index is 10.6. The second-order valence-corrected chi connectivity index (χ2v) is 6.99. The van der Waals surface area contributed by atoms with Gasteiger partial charge in [-0.2, -0.15) is 0 Å². The zero-order valence-electron chi connectivity index (χ0n) is 15.0. The Labute approximate surface area is 156 Å². The van der Waals surface area contributed by atoms with Gasteiger partial charge in [0.1, 0.15) is 5.75 Å². The first-order chi connectivity index (χ1) is 13.2. The maximum Gasteiger partial charge on any atom is 0.199 e. The van der Waals surface area contributed by atoms with Gasteiger partial charge in [-0.1, -0.05) is 12.1 Å². The number of H-pyrrole nitrogens is 1. The van der Waals surface area contributed by atoms with E-state index in [1.807, 2.05) is 24.3 Å². The lowest BCUT2D eigenvalue weighted by molar-refractivity contribution is 0.415. The molecular formula is C22H20N2O3. The van der Waals surface area contributed by atoms with Crippen molar-refractivity contribution in [2.75, 3.05) is 7.11 Å². The van der Waals surface area contributed by atoms with Crippen molar-refractivity contribution in [1.29, 1.82) is 0 Å². The quantitative estimate of drug-likeness (QED) is 0.497. The predicted octanol–water partition coefficient (Wildman–Crippen LogP) is 4.67. The molecule has 0 unspecified atom stereocenters. The fraction of sp³-hybridized carbons (Fsp3) is 0.182. The first-order valence-corrected chi connectivity index (χ1v) is 9.06. The van der Waals surface area contributed by atoms with Crippen molar-refractivity contribution in [2.45, 2.75) is 19.4 Å². The zero-order valence-corrected chi connectivity index (χ0v) is 15.0. The molecule has 1 aliphatic heterocycles. The van der Waals surface area contributed by atoms with Crippen LogP contribution in [-0.4, -0.2) is 26.9 Å². The fourth-order valence-corrected chi connectivity index (χ4v) is 4.22. The zero-order chi connectivity index (χ0) is 18.5. The minimum absolute atomic E-state index is 0.0351. The smallest absolute Gasteiger partial charge is 0.199 e. The Morgan fingerprint density at radius 1 is 1.00 bits per heavy atom. The number of aromatic hydroxyl groups is 2. The number of hydrogen-bond donors (Lipinski definition) is 3. The Bertz CT molecular complexity index is 1170. The van der Waals surface area contributed by atoms with Crippen molar-refractivity contribution in [2.24, 2.45) is 0 Å². The molecule has 1 aliphatic rings. The highest BCUT2D eigenvalue weighted by Crippen LogP contribution is 2.46. The monoisotopic (exact) mass is 360 g/mol. The Hall–Kier alpha value is -3.34. The van der Waals surface area contributed by atoms with Crippen LogP contribution < -0.4 is 4.74 Å². The molecule has 0 bridgehead atoms. The molecule has 5 heteroatoms. The molecule has 5 nitrogen and oxygen atoms in total. The molecule has 5 rings (SSSR count). The molecule has 0 spiro atoms. The molecule has 0 saturated heterocycles. The van der Waals surface area contributed by atoms with E-state index in [4.69, 9.17) is 4.74 Å². The van der Waals surface area contributed by atoms with Gasteiger partial charge in [-0.25, -0.2) is 0 Å². The maximum absolute atomic E-state index is 10.6. The first kappa shape index (κ1) is 15.9. The number of aryl methyl sites for hydroxylation is 2. The summed E-state index contributed by atoms with van der Waals surface area (Å²) in [5, 5.41) is 22.2. The van der Waals surface area contributed by atoms with E-state index in [0.29, 0.717) is 16.9 Å². The summed E-state index contributed by atoms with van der Waals surface area (Å²) in [6.07, 6.45) is 4.24. The third-order valence-corrected chi connectivity index (χ3v) is 5.39. The number of rotatable bonds is 3. The lowest BCUT2D eigenvalue weighted by atomic mass is 9.93. The molecule has 0 fully saturated rings. The molecule has 0 aliphatic carbocycles. The summed E-state index contributed by atoms with van der Waals surface area (Å²) in [4.78, 5) is 2.68. The van der Waals surface area contributed by atoms with Crippen LogP contribution in [0.5, 0.6) is 17.5 Å². The van der Waals surface area contributed by atoms with E-state index < -0.39 is 0 Å². The minimum Gasteiger partial charge on any atom is -0.497 e. The largest absolute Gasteiger partial charge is 0.497 e. The van der Waals surface area contributed by atoms with Crippen molar-refractivity contribution in [3.05, 3.63) is 54.2 Å². The molecule has 0 saturated carbocycles. The van der Waals surface area contributed by atoms with Crippen molar-refractivity contribution in [3.8, 4) is 39.8 Å². The van der Waals surface area contributed by atoms with E-state index in [1.165, 1.54) is 11.1 Å². The van der Waals surface area contributed by atoms with Crippen LogP contribution in [0.4, 0.5) is 0 Å². The number of hydrogen-bond acceptors (Lipinski definition) is 3. The van der Waals surface area contributed by atoms with Gasteiger partial charge in [0.15, 0.2) is 11.8 Å². The molecule has 3 N–H and O–H groups in total. The van der Waals surface area contributed by atoms with Crippen LogP contribution in [0, 0.1) is 0 Å². The number of methoxy groups -OCH3 is 1. The Morgan fingerprint density at radius 3 is 2.63 bits per heavy atom. The van der Waals surface area contributed by atoms with Gasteiger partial charge in [-0.15, -0.1) is 0 Å². The summed E-state index contributed by atoms with van der Waals surface area (Å²) in [5.74, 6) is 0.607. The predicted molar refractivity (Wildman–Crippen MR) is 105 cm³/mol. The van der Waals surface area contributed by atoms with E-state index in [-0.39, 0.29) is 11.8 Å². The van der Waals surface area contributed by atoms with E-state index >= 15 is 0 Å². The first-order valence-electron chi connectivity index (χ1n) is 9.06. The van der Waals surface area contributed by atoms with Crippen molar-refractivity contribution in [3.63, 3.8) is 0 Å². The standard InChI is InChI=1S/C22H20N2O3/c1-27-17-6-2-4-13(12-17)18-19(22(26)23-21(18)25)16-10-14-5-3-8-24-9-7-15(11-16)20(14)24/h2,4,6-7,9-12,23,25-26H,3,5,8H2,1H3. The molecule has 2 aromatic carbocycles. The Kier molecular flexibility index (Phi) is 3.44. The van der Waals surface area contributed by atoms with Gasteiger partial charge in [-0.05, 0) is 59.9 Å². The molecule has 0 atom stereocenters. The topological polar surface area (TPSA) is 70.4 Å². The number of benzene rings is 2. The van der Waals surface area contributed by atoms with Gasteiger partial charge in [0, 0.05) is 18.1 Å². The van der Waals surface area contributed by atoms with Crippen LogP contribution in [0.15, 0.2) is 48.7 Å². The van der Waals surface area contributed by atoms with Gasteiger partial charge in [0.05, 0.1) is 23.8 Å². The van der Waals surface area contributed by atoms with Crippen molar-refractivity contribution in [1.82, 2.24) is 9.55 Å². The van der Waals surface area contributed by atoms with Crippen LogP contribution >= 0.6 is 0 Å². The normalized spacial score (nSPS) is 13.2. The molecule has 0 radical (unpaired) electrons. The van der Waals surface area contributed by atoms with Gasteiger partial charge < -0.3 is 19.5 Å². The second-order valence-electron chi connectivity index (χ2n) is 6.99. The van der Waals surface area contributed by atoms with E-state index in [9.17, 15) is 10.2 Å². The van der Waals surface area contributed by atoms with Crippen molar-refractivity contribution >= 4 is 10.9 Å². The van der Waals surface area contributed by atoms with Gasteiger partial charge >= 0.3 is 0 Å². The minimum atomic E-state index is -0.0536. The average molecular weight is 360 g/mol. The molecule has 0 amide bonds. The molecular weight excluding hydrogens is 340 g/mol. The van der Waals surface area contributed by atoms with E-state index in [1.54, 1.807) is 7.11 Å². The number of aromatic amines is 1. The second kappa shape index (κ2) is 5.84. The number of nitrogens with zero attached hydrogens (tertiary/aromatic N) is 1. The number of aromatic nitrogens is 2. The summed E-state index contributed by atoms with van der Waals surface area (Å²) in [5.41, 5.74) is 5.40. The summed E-state index contributed by atoms with van der Waals surface area (Å²) in [6, 6.07) is 13.8. The summed E-state index contributed by atoms with van der Waals surface area (Å²) in [7, 11) is 1.61. The van der Waals surface area contributed by atoms with Crippen molar-refractivity contribution < 1.29 is 14.9 Å². The lowest BCUT2D eigenvalue weighted by Crippen LogP contribution is -2.06. The van der Waals surface area contributed by atoms with Gasteiger partial charge in [-0.3, -0.25) is 4.98 Å². The summed E-state index contributed by atoms with van der Waals surface area (Å²) in [6.45, 7) is 1.04. The van der Waals surface area contributed by atoms with Gasteiger partial charge in [0.2, 0.25) is 0 Å². The van der Waals surface area contributed by atoms with Crippen LogP contribution in [0.2, 0.25) is 0 Å². The summed E-state index contributed by atoms with van der Waals surface area (Å²) >= 11 is 0. The molecule has 136 valence electrons. The third kappa shape index (κ3) is 2.39. The molecule has 3 heterocycles. The van der Waals surface area contributed by atoms with Crippen LogP contribution in [-0.2, 0) is 13.0 Å². The third-order valence-electron chi connectivity index (χ3n) is 5.39. The Morgan fingerprint density at radius 2 is 1.81 bits per heavy atom. The van der Waals surface area contributed by atoms with E-state index in [0.717, 1.165) is 35.9 Å². The van der Waals surface area contributed by atoms with Gasteiger partial charge in [0.25, 0.3) is 0 Å². The highest BCUT2D eigenvalue weighted by atomic mass is 16.5. The SMILES string of the molecule is COc1cccc(-c2c(O)[nH]c(O)c2-c2cc3c4c(ccn4CCC3)c2)c1. The van der Waals surface area contributed by atoms with Crippen LogP contribution in [0.25, 0.3) is 33.2 Å². The van der Waals surface area contributed by atoms with E-state index in [2.05, 4.69) is 33.9 Å². The highest BCUT2D eigenvalue weighted by molar-refractivity contribution is 5.96. The Balaban J connectivity index is 1.76. The fourth-order valence-electron chi connectivity index (χ4n) is 4.22. The molecule has 4 aromatic rings. The summed E-state index contributed by atoms with van der Waals surface area (Å²) < 4.78 is 7.60. The highest BCUT2D eigenvalue weighted by Gasteiger charge is 2.23. The van der Waals surface area contributed by atoms with Crippen LogP contribution in [0.3, 0.4) is 0 Å². The van der Waals surface area contributed by atoms with Crippen LogP contribution in [0.1, 0.15) is 12.0 Å². The molecule has 2 aromatic heterocycles. The lowest BCUT2D eigenvalue weighted by Gasteiger charge is -2.17. The number of ether oxygens (including phenoxy) is 1. The number of nitrogens with one attached hydrogen (secondary N) is 1.